The Labute approximate surface area is 199 Å². The molecule has 3 aliphatic rings. The highest BCUT2D eigenvalue weighted by molar-refractivity contribution is 8.01. The van der Waals surface area contributed by atoms with E-state index < -0.39 is 5.41 Å². The molecule has 1 atom stereocenters. The van der Waals surface area contributed by atoms with Gasteiger partial charge in [0.2, 0.25) is 11.0 Å². The molecule has 8 nitrogen and oxygen atoms in total. The highest BCUT2D eigenvalue weighted by Gasteiger charge is 2.61. The molecule has 0 fully saturated rings. The summed E-state index contributed by atoms with van der Waals surface area (Å²) in [5, 5.41) is 19.7. The van der Waals surface area contributed by atoms with Crippen molar-refractivity contribution in [2.24, 2.45) is 5.73 Å². The number of allylic oxidation sites excluding steroid dienone is 1. The van der Waals surface area contributed by atoms with Crippen LogP contribution in [0.15, 0.2) is 51.3 Å². The molecule has 10 heteroatoms. The monoisotopic (exact) mass is 478 g/mol. The number of fused-ring (bicyclic) bond motifs is 3. The van der Waals surface area contributed by atoms with Gasteiger partial charge in [0.25, 0.3) is 0 Å². The molecule has 2 aromatic rings. The molecular weight excluding hydrogens is 456 g/mol. The number of para-hydroxylation sites is 1. The minimum atomic E-state index is -1.53. The summed E-state index contributed by atoms with van der Waals surface area (Å²) in [6.45, 7) is 4.14. The van der Waals surface area contributed by atoms with E-state index in [-0.39, 0.29) is 23.1 Å². The Kier molecular flexibility index (Phi) is 5.06. The number of Topliss-reactive ketones (excluding diaryl/α,β-unsaturated/α-hetero) is 1. The molecule has 0 saturated carbocycles. The van der Waals surface area contributed by atoms with Crippen molar-refractivity contribution in [3.8, 4) is 6.07 Å². The quantitative estimate of drug-likeness (QED) is 0.667. The normalized spacial score (nSPS) is 22.4. The molecule has 1 aromatic carbocycles. The van der Waals surface area contributed by atoms with E-state index >= 15 is 0 Å². The molecule has 3 heterocycles. The van der Waals surface area contributed by atoms with Gasteiger partial charge in [-0.2, -0.15) is 5.26 Å². The van der Waals surface area contributed by atoms with Crippen molar-refractivity contribution in [3.05, 3.63) is 52.5 Å². The lowest BCUT2D eigenvalue weighted by Crippen LogP contribution is -2.52. The number of carbonyl (C=O) groups is 2. The van der Waals surface area contributed by atoms with Gasteiger partial charge in [-0.1, -0.05) is 55.1 Å². The van der Waals surface area contributed by atoms with E-state index in [0.717, 1.165) is 4.34 Å². The molecule has 1 aliphatic carbocycles. The maximum Gasteiger partial charge on any atom is 0.247 e. The molecule has 0 bridgehead atoms. The van der Waals surface area contributed by atoms with Gasteiger partial charge >= 0.3 is 0 Å². The summed E-state index contributed by atoms with van der Waals surface area (Å²) in [6, 6.07) is 9.49. The number of likely N-dealkylation sites (N-methyl/N-ethyl adjacent to an activating group) is 1. The fourth-order valence-corrected chi connectivity index (χ4v) is 7.10. The van der Waals surface area contributed by atoms with E-state index in [1.807, 2.05) is 24.3 Å². The molecule has 1 aromatic heterocycles. The molecule has 1 unspecified atom stereocenters. The van der Waals surface area contributed by atoms with Crippen molar-refractivity contribution >= 4 is 45.6 Å². The number of amides is 1. The minimum Gasteiger partial charge on any atom is -0.384 e. The van der Waals surface area contributed by atoms with E-state index in [2.05, 4.69) is 30.1 Å². The molecule has 1 amide bonds. The van der Waals surface area contributed by atoms with Crippen LogP contribution in [-0.4, -0.2) is 34.2 Å². The number of anilines is 2. The van der Waals surface area contributed by atoms with Gasteiger partial charge in [0.05, 0.1) is 5.57 Å². The zero-order chi connectivity index (χ0) is 23.5. The van der Waals surface area contributed by atoms with Crippen LogP contribution in [-0.2, 0) is 15.0 Å². The first-order valence-corrected chi connectivity index (χ1v) is 12.4. The van der Waals surface area contributed by atoms with Crippen LogP contribution in [0.1, 0.15) is 38.7 Å². The molecule has 5 rings (SSSR count). The number of ketones is 1. The highest BCUT2D eigenvalue weighted by atomic mass is 32.2. The zero-order valence-electron chi connectivity index (χ0n) is 18.5. The number of aromatic nitrogens is 2. The lowest BCUT2D eigenvalue weighted by Gasteiger charge is -2.42. The Morgan fingerprint density at radius 2 is 2.00 bits per heavy atom. The van der Waals surface area contributed by atoms with E-state index in [1.165, 1.54) is 16.2 Å². The summed E-state index contributed by atoms with van der Waals surface area (Å²) in [7, 11) is 1.67. The summed E-state index contributed by atoms with van der Waals surface area (Å²) in [5.41, 5.74) is 7.45. The average molecular weight is 479 g/mol. The van der Waals surface area contributed by atoms with Crippen molar-refractivity contribution < 1.29 is 9.59 Å². The van der Waals surface area contributed by atoms with Crippen LogP contribution in [0.5, 0.6) is 0 Å². The second-order valence-corrected chi connectivity index (χ2v) is 11.2. The fraction of sp³-hybridized carbons (Fsp3) is 0.348. The first kappa shape index (κ1) is 21.7. The molecule has 1 spiro atoms. The number of nitriles is 1. The van der Waals surface area contributed by atoms with Gasteiger partial charge in [0.15, 0.2) is 10.1 Å². The number of hydrogen-bond donors (Lipinski definition) is 1. The number of hydrogen-bond acceptors (Lipinski definition) is 9. The largest absolute Gasteiger partial charge is 0.384 e. The van der Waals surface area contributed by atoms with Crippen molar-refractivity contribution in [1.29, 1.82) is 5.26 Å². The standard InChI is InChI=1S/C23H22N6O2S2/c1-12(2)32-22-27-26-21(33-22)29-16-9-6-10-17(30)18(16)23(14(11-24)19(29)25)13-7-4-5-8-15(13)28(3)20(23)31/h4-5,7-8,12H,6,9-10,25H2,1-3H3. The van der Waals surface area contributed by atoms with Crippen LogP contribution >= 0.6 is 23.1 Å². The summed E-state index contributed by atoms with van der Waals surface area (Å²) >= 11 is 2.94. The number of nitrogens with two attached hydrogens (primary N) is 1. The van der Waals surface area contributed by atoms with Crippen molar-refractivity contribution in [2.45, 2.75) is 48.1 Å². The van der Waals surface area contributed by atoms with Gasteiger partial charge in [-0.3, -0.25) is 14.5 Å². The Bertz CT molecular complexity index is 1300. The fourth-order valence-electron chi connectivity index (χ4n) is 5.00. The summed E-state index contributed by atoms with van der Waals surface area (Å²) < 4.78 is 0.776. The average Bonchev–Trinajstić information content (AvgIpc) is 3.31. The van der Waals surface area contributed by atoms with Gasteiger partial charge in [0, 0.05) is 41.2 Å². The smallest absolute Gasteiger partial charge is 0.247 e. The molecular formula is C23H22N6O2S2. The SMILES string of the molecule is CC(C)Sc1nnc(N2C(N)=C(C#N)C3(C(=O)N(C)c4ccccc43)C3=C2CCCC3=O)s1. The third kappa shape index (κ3) is 2.89. The summed E-state index contributed by atoms with van der Waals surface area (Å²) in [6.07, 6.45) is 1.50. The Hall–Kier alpha value is -3.16. The van der Waals surface area contributed by atoms with Gasteiger partial charge < -0.3 is 10.6 Å². The van der Waals surface area contributed by atoms with Crippen molar-refractivity contribution in [2.75, 3.05) is 16.8 Å². The summed E-state index contributed by atoms with van der Waals surface area (Å²) in [5.74, 6) is -0.346. The lowest BCUT2D eigenvalue weighted by molar-refractivity contribution is -0.124. The molecule has 0 radical (unpaired) electrons. The maximum absolute atomic E-state index is 13.9. The molecule has 168 valence electrons. The number of carbonyl (C=O) groups excluding carboxylic acids is 2. The second-order valence-electron chi connectivity index (χ2n) is 8.45. The van der Waals surface area contributed by atoms with Gasteiger partial charge in [0.1, 0.15) is 17.3 Å². The predicted molar refractivity (Wildman–Crippen MR) is 128 cm³/mol. The Morgan fingerprint density at radius 1 is 1.24 bits per heavy atom. The summed E-state index contributed by atoms with van der Waals surface area (Å²) in [4.78, 5) is 30.5. The third-order valence-electron chi connectivity index (χ3n) is 6.23. The Morgan fingerprint density at radius 3 is 2.73 bits per heavy atom. The molecule has 2 N–H and O–H groups in total. The van der Waals surface area contributed by atoms with E-state index in [1.54, 1.807) is 23.7 Å². The van der Waals surface area contributed by atoms with Crippen molar-refractivity contribution in [1.82, 2.24) is 10.2 Å². The third-order valence-corrected chi connectivity index (χ3v) is 8.23. The first-order valence-electron chi connectivity index (χ1n) is 10.7. The zero-order valence-corrected chi connectivity index (χ0v) is 20.1. The number of rotatable bonds is 3. The minimum absolute atomic E-state index is 0.0616. The maximum atomic E-state index is 13.9. The molecule has 33 heavy (non-hydrogen) atoms. The van der Waals surface area contributed by atoms with Crippen molar-refractivity contribution in [3.63, 3.8) is 0 Å². The molecule has 2 aliphatic heterocycles. The van der Waals surface area contributed by atoms with Crippen LogP contribution in [0, 0.1) is 11.3 Å². The van der Waals surface area contributed by atoms with E-state index in [9.17, 15) is 14.9 Å². The van der Waals surface area contributed by atoms with Crippen LogP contribution < -0.4 is 15.5 Å². The van der Waals surface area contributed by atoms with Gasteiger partial charge in [-0.05, 0) is 18.9 Å². The van der Waals surface area contributed by atoms with Crippen LogP contribution in [0.4, 0.5) is 10.8 Å². The first-order chi connectivity index (χ1) is 15.8. The van der Waals surface area contributed by atoms with Gasteiger partial charge in [-0.15, -0.1) is 10.2 Å². The van der Waals surface area contributed by atoms with Gasteiger partial charge in [-0.25, -0.2) is 0 Å². The lowest BCUT2D eigenvalue weighted by atomic mass is 9.64. The Balaban J connectivity index is 1.81. The van der Waals surface area contributed by atoms with Crippen LogP contribution in [0.3, 0.4) is 0 Å². The van der Waals surface area contributed by atoms with E-state index in [4.69, 9.17) is 5.73 Å². The van der Waals surface area contributed by atoms with Crippen LogP contribution in [0.25, 0.3) is 0 Å². The number of nitrogens with zero attached hydrogens (tertiary/aromatic N) is 5. The van der Waals surface area contributed by atoms with Crippen LogP contribution in [0.2, 0.25) is 0 Å². The molecule has 0 saturated heterocycles. The predicted octanol–water partition coefficient (Wildman–Crippen LogP) is 3.47. The second kappa shape index (κ2) is 7.71. The topological polar surface area (TPSA) is 116 Å². The van der Waals surface area contributed by atoms with E-state index in [0.29, 0.717) is 52.2 Å². The number of thioether (sulfide) groups is 1. The number of benzene rings is 1. The highest BCUT2D eigenvalue weighted by Crippen LogP contribution is 2.56.